The fourth-order valence-corrected chi connectivity index (χ4v) is 4.33. The van der Waals surface area contributed by atoms with Gasteiger partial charge in [0.1, 0.15) is 16.7 Å². The van der Waals surface area contributed by atoms with Crippen LogP contribution in [0.2, 0.25) is 0 Å². The second kappa shape index (κ2) is 7.28. The van der Waals surface area contributed by atoms with Crippen LogP contribution in [0.15, 0.2) is 46.6 Å². The van der Waals surface area contributed by atoms with Crippen LogP contribution in [0.4, 0.5) is 5.69 Å². The number of esters is 1. The van der Waals surface area contributed by atoms with Gasteiger partial charge in [0.2, 0.25) is 11.8 Å². The average molecular weight is 424 g/mol. The predicted octanol–water partition coefficient (Wildman–Crippen LogP) is 0.692. The molecule has 2 aliphatic rings. The van der Waals surface area contributed by atoms with Crippen molar-refractivity contribution >= 4 is 17.6 Å². The van der Waals surface area contributed by atoms with Gasteiger partial charge in [-0.05, 0) is 27.1 Å². The Kier molecular flexibility index (Phi) is 4.85. The van der Waals surface area contributed by atoms with Crippen LogP contribution < -0.4 is 21.3 Å². The third kappa shape index (κ3) is 2.84. The molecule has 1 unspecified atom stereocenters. The highest BCUT2D eigenvalue weighted by Crippen LogP contribution is 2.52. The molecule has 3 heterocycles. The number of pyridine rings is 1. The molecule has 9 nitrogen and oxygen atoms in total. The SMILES string of the molecule is COC(=O)C1=C(N)Oc2cc(C)n(CCN(C)C)c(=O)c2C12C(=O)Nc1ccccc12. The Balaban J connectivity index is 2.11. The van der Waals surface area contributed by atoms with Crippen molar-refractivity contribution in [1.29, 1.82) is 0 Å². The number of methoxy groups -OCH3 is 1. The van der Waals surface area contributed by atoms with E-state index in [1.807, 2.05) is 19.0 Å². The molecule has 2 aromatic rings. The van der Waals surface area contributed by atoms with E-state index < -0.39 is 22.9 Å². The molecule has 1 atom stereocenters. The highest BCUT2D eigenvalue weighted by atomic mass is 16.5. The van der Waals surface area contributed by atoms with Crippen molar-refractivity contribution in [3.63, 3.8) is 0 Å². The summed E-state index contributed by atoms with van der Waals surface area (Å²) in [5.74, 6) is -1.51. The third-order valence-electron chi connectivity index (χ3n) is 5.77. The van der Waals surface area contributed by atoms with Gasteiger partial charge >= 0.3 is 5.97 Å². The van der Waals surface area contributed by atoms with E-state index in [1.54, 1.807) is 41.8 Å². The number of likely N-dealkylation sites (N-methyl/N-ethyl adjacent to an activating group) is 1. The number of rotatable bonds is 4. The lowest BCUT2D eigenvalue weighted by Crippen LogP contribution is -2.50. The van der Waals surface area contributed by atoms with Gasteiger partial charge in [-0.25, -0.2) is 4.79 Å². The maximum absolute atomic E-state index is 13.8. The maximum Gasteiger partial charge on any atom is 0.340 e. The molecule has 9 heteroatoms. The molecule has 3 N–H and O–H groups in total. The van der Waals surface area contributed by atoms with E-state index in [9.17, 15) is 14.4 Å². The van der Waals surface area contributed by atoms with E-state index in [0.29, 0.717) is 30.0 Å². The molecular formula is C22H24N4O5. The quantitative estimate of drug-likeness (QED) is 0.694. The molecule has 31 heavy (non-hydrogen) atoms. The largest absolute Gasteiger partial charge is 0.465 e. The van der Waals surface area contributed by atoms with E-state index in [0.717, 1.165) is 0 Å². The van der Waals surface area contributed by atoms with Gasteiger partial charge in [0.25, 0.3) is 5.56 Å². The van der Waals surface area contributed by atoms with Crippen molar-refractivity contribution in [2.24, 2.45) is 5.73 Å². The zero-order chi connectivity index (χ0) is 22.5. The van der Waals surface area contributed by atoms with Crippen molar-refractivity contribution in [1.82, 2.24) is 9.47 Å². The van der Waals surface area contributed by atoms with Crippen LogP contribution in [-0.2, 0) is 26.3 Å². The summed E-state index contributed by atoms with van der Waals surface area (Å²) in [5, 5.41) is 2.79. The molecule has 0 fully saturated rings. The highest BCUT2D eigenvalue weighted by molar-refractivity contribution is 6.17. The first-order valence-corrected chi connectivity index (χ1v) is 9.80. The number of ether oxygens (including phenoxy) is 2. The molecule has 0 bridgehead atoms. The number of hydrogen-bond acceptors (Lipinski definition) is 7. The number of benzene rings is 1. The molecule has 0 saturated carbocycles. The number of aromatic nitrogens is 1. The summed E-state index contributed by atoms with van der Waals surface area (Å²) in [6, 6.07) is 8.57. The Hall–Kier alpha value is -3.59. The molecule has 0 radical (unpaired) electrons. The molecule has 0 aliphatic carbocycles. The first-order valence-electron chi connectivity index (χ1n) is 9.80. The molecule has 2 aliphatic heterocycles. The number of anilines is 1. The summed E-state index contributed by atoms with van der Waals surface area (Å²) in [6.45, 7) is 2.79. The van der Waals surface area contributed by atoms with Crippen LogP contribution >= 0.6 is 0 Å². The van der Waals surface area contributed by atoms with Crippen LogP contribution in [0.1, 0.15) is 16.8 Å². The molecule has 4 rings (SSSR count). The first kappa shape index (κ1) is 20.7. The number of nitrogens with two attached hydrogens (primary N) is 1. The number of para-hydroxylation sites is 1. The number of fused-ring (bicyclic) bond motifs is 4. The lowest BCUT2D eigenvalue weighted by atomic mass is 9.68. The lowest BCUT2D eigenvalue weighted by Gasteiger charge is -2.35. The van der Waals surface area contributed by atoms with E-state index in [4.69, 9.17) is 15.2 Å². The van der Waals surface area contributed by atoms with Gasteiger partial charge in [0, 0.05) is 36.1 Å². The molecular weight excluding hydrogens is 400 g/mol. The van der Waals surface area contributed by atoms with Gasteiger partial charge in [-0.3, -0.25) is 9.59 Å². The summed E-state index contributed by atoms with van der Waals surface area (Å²) in [6.07, 6.45) is 0. The Morgan fingerprint density at radius 3 is 2.68 bits per heavy atom. The number of hydrogen-bond donors (Lipinski definition) is 2. The second-order valence-electron chi connectivity index (χ2n) is 7.87. The minimum Gasteiger partial charge on any atom is -0.465 e. The Morgan fingerprint density at radius 2 is 2.00 bits per heavy atom. The number of carbonyl (C=O) groups is 2. The molecule has 1 aromatic heterocycles. The van der Waals surface area contributed by atoms with Crippen molar-refractivity contribution in [2.75, 3.05) is 33.1 Å². The van der Waals surface area contributed by atoms with Crippen molar-refractivity contribution in [3.05, 3.63) is 69.0 Å². The van der Waals surface area contributed by atoms with Crippen molar-refractivity contribution in [3.8, 4) is 5.75 Å². The maximum atomic E-state index is 13.8. The van der Waals surface area contributed by atoms with E-state index >= 15 is 0 Å². The van der Waals surface area contributed by atoms with Crippen LogP contribution in [0.25, 0.3) is 0 Å². The minimum absolute atomic E-state index is 0.0499. The highest BCUT2D eigenvalue weighted by Gasteiger charge is 2.60. The van der Waals surface area contributed by atoms with Crippen molar-refractivity contribution in [2.45, 2.75) is 18.9 Å². The number of carbonyl (C=O) groups excluding carboxylic acids is 2. The monoisotopic (exact) mass is 424 g/mol. The predicted molar refractivity (Wildman–Crippen MR) is 114 cm³/mol. The summed E-state index contributed by atoms with van der Waals surface area (Å²) >= 11 is 0. The lowest BCUT2D eigenvalue weighted by molar-refractivity contribution is -0.138. The Morgan fingerprint density at radius 1 is 1.29 bits per heavy atom. The van der Waals surface area contributed by atoms with Gasteiger partial charge in [0.15, 0.2) is 0 Å². The number of nitrogens with one attached hydrogen (secondary N) is 1. The third-order valence-corrected chi connectivity index (χ3v) is 5.77. The fourth-order valence-electron chi connectivity index (χ4n) is 4.33. The number of nitrogens with zero attached hydrogens (tertiary/aromatic N) is 2. The Bertz CT molecular complexity index is 1200. The van der Waals surface area contributed by atoms with Crippen LogP contribution in [-0.4, -0.2) is 49.1 Å². The van der Waals surface area contributed by atoms with Gasteiger partial charge in [-0.15, -0.1) is 0 Å². The van der Waals surface area contributed by atoms with Crippen molar-refractivity contribution < 1.29 is 19.1 Å². The van der Waals surface area contributed by atoms with Gasteiger partial charge in [-0.1, -0.05) is 18.2 Å². The number of aryl methyl sites for hydroxylation is 1. The molecule has 1 amide bonds. The van der Waals surface area contributed by atoms with Gasteiger partial charge in [0.05, 0.1) is 12.7 Å². The number of amides is 1. The van der Waals surface area contributed by atoms with E-state index in [-0.39, 0.29) is 22.8 Å². The minimum atomic E-state index is -1.77. The first-order chi connectivity index (χ1) is 14.7. The standard InChI is InChI=1S/C22H24N4O5/c1-12-11-15-16(19(27)26(12)10-9-25(2)3)22(17(18(23)31-15)20(28)30-4)13-7-5-6-8-14(13)24-21(22)29/h5-8,11H,9-10,23H2,1-4H3,(H,24,29). The molecule has 1 spiro atoms. The summed E-state index contributed by atoms with van der Waals surface area (Å²) in [5.41, 5.74) is 5.40. The average Bonchev–Trinajstić information content (AvgIpc) is 2.99. The molecule has 0 saturated heterocycles. The topological polar surface area (TPSA) is 116 Å². The zero-order valence-electron chi connectivity index (χ0n) is 17.8. The zero-order valence-corrected chi connectivity index (χ0v) is 17.8. The van der Waals surface area contributed by atoms with Crippen LogP contribution in [0, 0.1) is 6.92 Å². The summed E-state index contributed by atoms with van der Waals surface area (Å²) < 4.78 is 12.2. The smallest absolute Gasteiger partial charge is 0.340 e. The van der Waals surface area contributed by atoms with Gasteiger partial charge < -0.3 is 30.0 Å². The van der Waals surface area contributed by atoms with E-state index in [1.165, 1.54) is 7.11 Å². The fraction of sp³-hybridized carbons (Fsp3) is 0.318. The molecule has 162 valence electrons. The van der Waals surface area contributed by atoms with Gasteiger partial charge in [-0.2, -0.15) is 0 Å². The normalized spacial score (nSPS) is 19.2. The summed E-state index contributed by atoms with van der Waals surface area (Å²) in [7, 11) is 5.00. The van der Waals surface area contributed by atoms with Crippen LogP contribution in [0.3, 0.4) is 0 Å². The second-order valence-corrected chi connectivity index (χ2v) is 7.87. The molecule has 1 aromatic carbocycles. The summed E-state index contributed by atoms with van der Waals surface area (Å²) in [4.78, 5) is 42.1. The van der Waals surface area contributed by atoms with Crippen LogP contribution in [0.5, 0.6) is 5.75 Å². The Labute approximate surface area is 179 Å². The van der Waals surface area contributed by atoms with E-state index in [2.05, 4.69) is 5.32 Å².